The number of aromatic nitrogens is 2. The van der Waals surface area contributed by atoms with E-state index in [1.807, 2.05) is 0 Å². The molecule has 0 aliphatic carbocycles. The van der Waals surface area contributed by atoms with E-state index in [1.54, 1.807) is 17.1 Å². The van der Waals surface area contributed by atoms with Crippen LogP contribution in [0.25, 0.3) is 0 Å². The van der Waals surface area contributed by atoms with Gasteiger partial charge in [-0.15, -0.1) is 22.8 Å². The van der Waals surface area contributed by atoms with Gasteiger partial charge in [-0.2, -0.15) is 0 Å². The van der Waals surface area contributed by atoms with Gasteiger partial charge < -0.3 is 5.32 Å². The zero-order chi connectivity index (χ0) is 7.92. The van der Waals surface area contributed by atoms with Gasteiger partial charge in [-0.25, -0.2) is 10.0 Å². The maximum Gasteiger partial charge on any atom is 0.207 e. The molecule has 1 spiro atoms. The van der Waals surface area contributed by atoms with Crippen LogP contribution >= 0.6 is 34.0 Å². The Morgan fingerprint density at radius 1 is 1.58 bits per heavy atom. The van der Waals surface area contributed by atoms with Crippen molar-refractivity contribution in [2.75, 3.05) is 11.1 Å². The molecule has 3 aliphatic rings. The van der Waals surface area contributed by atoms with E-state index in [9.17, 15) is 0 Å². The average Bonchev–Trinajstić information content (AvgIpc) is 2.89. The van der Waals surface area contributed by atoms with Crippen molar-refractivity contribution in [1.29, 1.82) is 0 Å². The Bertz CT molecular complexity index is 378. The van der Waals surface area contributed by atoms with Crippen LogP contribution in [0.3, 0.4) is 0 Å². The van der Waals surface area contributed by atoms with Gasteiger partial charge in [0.1, 0.15) is 0 Å². The Kier molecular flexibility index (Phi) is 0.893. The fraction of sp³-hybridized carbons (Fsp3) is 0.667. The van der Waals surface area contributed by atoms with Crippen LogP contribution in [0.5, 0.6) is 0 Å². The van der Waals surface area contributed by atoms with Crippen LogP contribution in [-0.4, -0.2) is 31.8 Å². The number of hydrogen-bond donors (Lipinski definition) is 2. The van der Waals surface area contributed by atoms with Gasteiger partial charge in [-0.3, -0.25) is 0 Å². The maximum atomic E-state index is 4.12. The van der Waals surface area contributed by atoms with Gasteiger partial charge in [0.05, 0.1) is 5.37 Å². The van der Waals surface area contributed by atoms with Crippen molar-refractivity contribution in [3.63, 3.8) is 0 Å². The van der Waals surface area contributed by atoms with Crippen molar-refractivity contribution < 1.29 is 0 Å². The maximum absolute atomic E-state index is 4.12. The van der Waals surface area contributed by atoms with E-state index in [2.05, 4.69) is 28.1 Å². The number of thiol groups is 1. The molecule has 0 amide bonds. The molecule has 3 fully saturated rings. The number of nitrogens with one attached hydrogen (secondary N) is 1. The molecular weight excluding hydrogens is 210 g/mol. The van der Waals surface area contributed by atoms with Crippen LogP contribution in [0.15, 0.2) is 4.34 Å². The number of fused-ring (bicyclic) bond motifs is 1. The van der Waals surface area contributed by atoms with Gasteiger partial charge in [0.2, 0.25) is 5.13 Å². The second-order valence-electron chi connectivity index (χ2n) is 3.53. The molecule has 3 nitrogen and oxygen atoms in total. The smallest absolute Gasteiger partial charge is 0.207 e. The monoisotopic (exact) mass is 217 g/mol. The normalized spacial score (nSPS) is 56.2. The van der Waals surface area contributed by atoms with Crippen LogP contribution in [0.4, 0.5) is 5.13 Å². The minimum Gasteiger partial charge on any atom is -0.349 e. The minimum absolute atomic E-state index is 0.0102. The average molecular weight is 217 g/mol. The Balaban J connectivity index is 1.54. The Morgan fingerprint density at radius 2 is 2.42 bits per heavy atom. The highest BCUT2D eigenvalue weighted by molar-refractivity contribution is 8.54. The second-order valence-corrected chi connectivity index (χ2v) is 9.04. The van der Waals surface area contributed by atoms with Crippen LogP contribution < -0.4 is 5.32 Å². The van der Waals surface area contributed by atoms with Gasteiger partial charge in [0.25, 0.3) is 0 Å². The summed E-state index contributed by atoms with van der Waals surface area (Å²) in [6.07, 6.45) is 0. The fourth-order valence-electron chi connectivity index (χ4n) is 2.15. The number of hydrogen-bond acceptors (Lipinski definition) is 5. The molecule has 3 aliphatic heterocycles. The molecule has 1 aromatic rings. The largest absolute Gasteiger partial charge is 0.349 e. The third-order valence-corrected chi connectivity index (χ3v) is 8.53. The van der Waals surface area contributed by atoms with Crippen molar-refractivity contribution in [1.82, 2.24) is 10.2 Å². The molecule has 4 unspecified atom stereocenters. The molecular formula is C6H7N3S3. The summed E-state index contributed by atoms with van der Waals surface area (Å²) in [5.74, 6) is 1.54. The Labute approximate surface area is 80.7 Å². The number of rotatable bonds is 2. The van der Waals surface area contributed by atoms with E-state index in [0.717, 1.165) is 20.1 Å². The third kappa shape index (κ3) is 0.570. The lowest BCUT2D eigenvalue weighted by Gasteiger charge is -2.01. The van der Waals surface area contributed by atoms with Crippen molar-refractivity contribution >= 4 is 39.1 Å². The van der Waals surface area contributed by atoms with E-state index in [0.29, 0.717) is 0 Å². The summed E-state index contributed by atoms with van der Waals surface area (Å²) in [4.78, 5) is 0. The molecule has 3 saturated heterocycles. The standard InChI is InChI=1S/C6H7N3S3/c10-6-9-8-5(11-6)7-4-3-2-1-12(2,3)4/h2-4H,1H2,(H,7,8)(H,9,10). The van der Waals surface area contributed by atoms with Crippen molar-refractivity contribution in [2.45, 2.75) is 20.2 Å². The first-order valence-corrected chi connectivity index (χ1v) is 7.14. The molecule has 1 aromatic heterocycles. The van der Waals surface area contributed by atoms with Crippen molar-refractivity contribution in [2.24, 2.45) is 0 Å². The first kappa shape index (κ1) is 6.50. The van der Waals surface area contributed by atoms with Crippen molar-refractivity contribution in [3.8, 4) is 0 Å². The highest BCUT2D eigenvalue weighted by Gasteiger charge is 2.94. The first-order chi connectivity index (χ1) is 5.82. The SMILES string of the molecule is Sc1nnc(NC2C3C4CS423)s1. The predicted octanol–water partition coefficient (Wildman–Crippen LogP) is 1.15. The summed E-state index contributed by atoms with van der Waals surface area (Å²) >= 11 is 5.66. The Morgan fingerprint density at radius 3 is 2.92 bits per heavy atom. The molecule has 64 valence electrons. The molecule has 4 atom stereocenters. The molecule has 1 N–H and O–H groups in total. The lowest BCUT2D eigenvalue weighted by atomic mass is 10.3. The highest BCUT2D eigenvalue weighted by Crippen LogP contribution is 3.08. The van der Waals surface area contributed by atoms with Gasteiger partial charge in [-0.05, 0) is 5.75 Å². The molecule has 0 aromatic carbocycles. The minimum atomic E-state index is -0.0102. The summed E-state index contributed by atoms with van der Waals surface area (Å²) in [5, 5.41) is 15.4. The van der Waals surface area contributed by atoms with E-state index < -0.39 is 0 Å². The Hall–Kier alpha value is 0.0600. The molecule has 0 saturated carbocycles. The highest BCUT2D eigenvalue weighted by atomic mass is 32.3. The lowest BCUT2D eigenvalue weighted by molar-refractivity contribution is 0.956. The van der Waals surface area contributed by atoms with E-state index in [4.69, 9.17) is 0 Å². The van der Waals surface area contributed by atoms with Gasteiger partial charge in [-0.1, -0.05) is 11.3 Å². The summed E-state index contributed by atoms with van der Waals surface area (Å²) in [5.41, 5.74) is 0. The first-order valence-electron chi connectivity index (χ1n) is 3.89. The topological polar surface area (TPSA) is 37.8 Å². The summed E-state index contributed by atoms with van der Waals surface area (Å²) in [6, 6.07) is 0. The van der Waals surface area contributed by atoms with E-state index in [-0.39, 0.29) is 10.0 Å². The molecule has 12 heavy (non-hydrogen) atoms. The zero-order valence-electron chi connectivity index (χ0n) is 6.10. The summed E-state index contributed by atoms with van der Waals surface area (Å²) in [7, 11) is -0.0102. The van der Waals surface area contributed by atoms with E-state index >= 15 is 0 Å². The van der Waals surface area contributed by atoms with Gasteiger partial charge in [0, 0.05) is 10.5 Å². The number of nitrogens with zero attached hydrogens (tertiary/aromatic N) is 2. The van der Waals surface area contributed by atoms with Gasteiger partial charge >= 0.3 is 0 Å². The quantitative estimate of drug-likeness (QED) is 0.576. The molecule has 4 heterocycles. The van der Waals surface area contributed by atoms with Crippen LogP contribution in [-0.2, 0) is 0 Å². The number of anilines is 1. The predicted molar refractivity (Wildman–Crippen MR) is 54.6 cm³/mol. The van der Waals surface area contributed by atoms with E-state index in [1.165, 1.54) is 5.25 Å². The summed E-state index contributed by atoms with van der Waals surface area (Å²) in [6.45, 7) is 0. The molecule has 6 heteroatoms. The molecule has 4 rings (SSSR count). The zero-order valence-corrected chi connectivity index (χ0v) is 8.62. The summed E-state index contributed by atoms with van der Waals surface area (Å²) < 4.78 is 0.756. The molecule has 0 radical (unpaired) electrons. The van der Waals surface area contributed by atoms with Crippen molar-refractivity contribution in [3.05, 3.63) is 0 Å². The van der Waals surface area contributed by atoms with Crippen LogP contribution in [0.1, 0.15) is 0 Å². The molecule has 0 bridgehead atoms. The van der Waals surface area contributed by atoms with Crippen LogP contribution in [0, 0.1) is 0 Å². The third-order valence-electron chi connectivity index (χ3n) is 3.07. The van der Waals surface area contributed by atoms with Gasteiger partial charge in [0.15, 0.2) is 4.34 Å². The second kappa shape index (κ2) is 1.65. The fourth-order valence-corrected chi connectivity index (χ4v) is 7.77. The van der Waals surface area contributed by atoms with Crippen LogP contribution in [0.2, 0.25) is 0 Å². The lowest BCUT2D eigenvalue weighted by Crippen LogP contribution is -2.11.